The predicted molar refractivity (Wildman–Crippen MR) is 106 cm³/mol. The quantitative estimate of drug-likeness (QED) is 0.639. The van der Waals surface area contributed by atoms with Gasteiger partial charge in [0.05, 0.1) is 6.04 Å². The van der Waals surface area contributed by atoms with Gasteiger partial charge in [-0.15, -0.1) is 12.4 Å². The van der Waals surface area contributed by atoms with E-state index in [0.717, 1.165) is 22.2 Å². The first-order chi connectivity index (χ1) is 11.5. The summed E-state index contributed by atoms with van der Waals surface area (Å²) in [5.41, 5.74) is 10.2. The van der Waals surface area contributed by atoms with Gasteiger partial charge in [-0.25, -0.2) is 0 Å². The summed E-state index contributed by atoms with van der Waals surface area (Å²) in [4.78, 5) is 15.6. The van der Waals surface area contributed by atoms with Crippen LogP contribution in [0.25, 0.3) is 10.9 Å². The summed E-state index contributed by atoms with van der Waals surface area (Å²) in [5.74, 6) is 0.302. The van der Waals surface area contributed by atoms with E-state index in [2.05, 4.69) is 24.1 Å². The van der Waals surface area contributed by atoms with Crippen LogP contribution in [0.3, 0.4) is 0 Å². The summed E-state index contributed by atoms with van der Waals surface area (Å²) in [6, 6.07) is 15.3. The number of aromatic amines is 1. The number of hydrogen-bond donors (Lipinski definition) is 3. The molecule has 25 heavy (non-hydrogen) atoms. The standard InChI is InChI=1S/C20H23N3O.ClH/c1-13(2)14-7-9-16(10-8-14)23-20(24)18(21)11-15-12-22-19-6-4-3-5-17(15)19;/h3-10,12-13,18,22H,11,21H2,1-2H3,(H,23,24);1H/t18-;/m0./s1. The molecule has 0 fully saturated rings. The normalized spacial score (nSPS) is 12.0. The highest BCUT2D eigenvalue weighted by atomic mass is 35.5. The zero-order chi connectivity index (χ0) is 17.1. The highest BCUT2D eigenvalue weighted by Gasteiger charge is 2.16. The third-order valence-electron chi connectivity index (χ3n) is 4.30. The van der Waals surface area contributed by atoms with Crippen molar-refractivity contribution in [2.45, 2.75) is 32.2 Å². The summed E-state index contributed by atoms with van der Waals surface area (Å²) in [6.45, 7) is 4.29. The minimum absolute atomic E-state index is 0. The number of carbonyl (C=O) groups excluding carboxylic acids is 1. The van der Waals surface area contributed by atoms with Crippen LogP contribution in [0.4, 0.5) is 5.69 Å². The highest BCUT2D eigenvalue weighted by Crippen LogP contribution is 2.20. The van der Waals surface area contributed by atoms with E-state index >= 15 is 0 Å². The number of nitrogens with one attached hydrogen (secondary N) is 2. The second-order valence-electron chi connectivity index (χ2n) is 6.44. The maximum Gasteiger partial charge on any atom is 0.241 e. The van der Waals surface area contributed by atoms with Crippen LogP contribution in [0.15, 0.2) is 54.7 Å². The summed E-state index contributed by atoms with van der Waals surface area (Å²) < 4.78 is 0. The molecule has 0 spiro atoms. The van der Waals surface area contributed by atoms with Crippen molar-refractivity contribution in [3.63, 3.8) is 0 Å². The molecule has 2 aromatic carbocycles. The molecule has 132 valence electrons. The number of anilines is 1. The van der Waals surface area contributed by atoms with Crippen molar-refractivity contribution >= 4 is 34.9 Å². The van der Waals surface area contributed by atoms with Gasteiger partial charge in [0, 0.05) is 22.8 Å². The van der Waals surface area contributed by atoms with E-state index < -0.39 is 6.04 Å². The fourth-order valence-electron chi connectivity index (χ4n) is 2.82. The van der Waals surface area contributed by atoms with Gasteiger partial charge >= 0.3 is 0 Å². The number of benzene rings is 2. The smallest absolute Gasteiger partial charge is 0.241 e. The van der Waals surface area contributed by atoms with Crippen LogP contribution in [0.1, 0.15) is 30.9 Å². The molecule has 0 aliphatic rings. The Morgan fingerprint density at radius 1 is 1.12 bits per heavy atom. The Labute approximate surface area is 154 Å². The molecule has 0 aliphatic carbocycles. The Kier molecular flexibility index (Phi) is 6.23. The molecule has 1 aromatic heterocycles. The number of aromatic nitrogens is 1. The number of fused-ring (bicyclic) bond motifs is 1. The first-order valence-electron chi connectivity index (χ1n) is 8.26. The number of rotatable bonds is 5. The predicted octanol–water partition coefficient (Wildman–Crippen LogP) is 4.22. The molecular formula is C20H24ClN3O. The van der Waals surface area contributed by atoms with Crippen molar-refractivity contribution in [2.24, 2.45) is 5.73 Å². The Balaban J connectivity index is 0.00000225. The average Bonchev–Trinajstić information content (AvgIpc) is 2.98. The number of para-hydroxylation sites is 1. The van der Waals surface area contributed by atoms with Gasteiger partial charge < -0.3 is 16.0 Å². The first kappa shape index (κ1) is 19.0. The molecule has 0 unspecified atom stereocenters. The number of H-pyrrole nitrogens is 1. The van der Waals surface area contributed by atoms with Gasteiger partial charge in [-0.2, -0.15) is 0 Å². The molecule has 1 atom stereocenters. The van der Waals surface area contributed by atoms with Crippen LogP contribution in [0.5, 0.6) is 0 Å². The Morgan fingerprint density at radius 2 is 1.80 bits per heavy atom. The molecule has 3 aromatic rings. The van der Waals surface area contributed by atoms with E-state index in [0.29, 0.717) is 12.3 Å². The topological polar surface area (TPSA) is 70.9 Å². The third-order valence-corrected chi connectivity index (χ3v) is 4.30. The van der Waals surface area contributed by atoms with Crippen LogP contribution in [0.2, 0.25) is 0 Å². The molecule has 0 bridgehead atoms. The second-order valence-corrected chi connectivity index (χ2v) is 6.44. The van der Waals surface area contributed by atoms with Crippen molar-refractivity contribution < 1.29 is 4.79 Å². The third kappa shape index (κ3) is 4.41. The lowest BCUT2D eigenvalue weighted by molar-refractivity contribution is -0.117. The molecule has 1 heterocycles. The largest absolute Gasteiger partial charge is 0.361 e. The van der Waals surface area contributed by atoms with Crippen molar-refractivity contribution in [1.29, 1.82) is 0 Å². The van der Waals surface area contributed by atoms with E-state index in [1.165, 1.54) is 5.56 Å². The number of halogens is 1. The zero-order valence-electron chi connectivity index (χ0n) is 14.5. The number of carbonyl (C=O) groups is 1. The van der Waals surface area contributed by atoms with E-state index in [1.54, 1.807) is 0 Å². The fraction of sp³-hybridized carbons (Fsp3) is 0.250. The lowest BCUT2D eigenvalue weighted by Gasteiger charge is -2.13. The molecule has 3 rings (SSSR count). The van der Waals surface area contributed by atoms with Gasteiger partial charge in [0.2, 0.25) is 5.91 Å². The molecule has 5 heteroatoms. The lowest BCUT2D eigenvalue weighted by atomic mass is 10.0. The van der Waals surface area contributed by atoms with Crippen LogP contribution >= 0.6 is 12.4 Å². The summed E-state index contributed by atoms with van der Waals surface area (Å²) >= 11 is 0. The van der Waals surface area contributed by atoms with Crippen molar-refractivity contribution in [1.82, 2.24) is 4.98 Å². The molecular weight excluding hydrogens is 334 g/mol. The van der Waals surface area contributed by atoms with E-state index in [1.807, 2.05) is 54.7 Å². The van der Waals surface area contributed by atoms with E-state index in [-0.39, 0.29) is 18.3 Å². The molecule has 4 nitrogen and oxygen atoms in total. The van der Waals surface area contributed by atoms with Gasteiger partial charge in [-0.3, -0.25) is 4.79 Å². The minimum Gasteiger partial charge on any atom is -0.361 e. The molecule has 0 radical (unpaired) electrons. The van der Waals surface area contributed by atoms with Crippen LogP contribution < -0.4 is 11.1 Å². The van der Waals surface area contributed by atoms with E-state index in [4.69, 9.17) is 5.73 Å². The summed E-state index contributed by atoms with van der Waals surface area (Å²) in [7, 11) is 0. The number of nitrogens with two attached hydrogens (primary N) is 1. The molecule has 1 amide bonds. The maximum atomic E-state index is 12.3. The summed E-state index contributed by atoms with van der Waals surface area (Å²) in [6.07, 6.45) is 2.43. The SMILES string of the molecule is CC(C)c1ccc(NC(=O)[C@@H](N)Cc2c[nH]c3ccccc23)cc1.Cl. The van der Waals surface area contributed by atoms with Gasteiger partial charge in [0.25, 0.3) is 0 Å². The molecule has 4 N–H and O–H groups in total. The molecule has 0 saturated carbocycles. The van der Waals surface area contributed by atoms with Crippen LogP contribution in [-0.2, 0) is 11.2 Å². The van der Waals surface area contributed by atoms with Crippen molar-refractivity contribution in [3.05, 3.63) is 65.9 Å². The minimum atomic E-state index is -0.589. The number of hydrogen-bond acceptors (Lipinski definition) is 2. The monoisotopic (exact) mass is 357 g/mol. The summed E-state index contributed by atoms with van der Waals surface area (Å²) in [5, 5.41) is 4.01. The van der Waals surface area contributed by atoms with Crippen molar-refractivity contribution in [2.75, 3.05) is 5.32 Å². The van der Waals surface area contributed by atoms with Gasteiger partial charge in [-0.05, 0) is 41.7 Å². The van der Waals surface area contributed by atoms with Crippen LogP contribution in [-0.4, -0.2) is 16.9 Å². The Morgan fingerprint density at radius 3 is 2.48 bits per heavy atom. The highest BCUT2D eigenvalue weighted by molar-refractivity contribution is 5.95. The first-order valence-corrected chi connectivity index (χ1v) is 8.26. The zero-order valence-corrected chi connectivity index (χ0v) is 15.3. The second kappa shape index (κ2) is 8.19. The lowest BCUT2D eigenvalue weighted by Crippen LogP contribution is -2.37. The number of amides is 1. The van der Waals surface area contributed by atoms with Gasteiger partial charge in [0.15, 0.2) is 0 Å². The van der Waals surface area contributed by atoms with Crippen molar-refractivity contribution in [3.8, 4) is 0 Å². The van der Waals surface area contributed by atoms with Gasteiger partial charge in [0.1, 0.15) is 0 Å². The Bertz CT molecular complexity index is 840. The molecule has 0 aliphatic heterocycles. The fourth-order valence-corrected chi connectivity index (χ4v) is 2.82. The van der Waals surface area contributed by atoms with Crippen LogP contribution in [0, 0.1) is 0 Å². The average molecular weight is 358 g/mol. The Hall–Kier alpha value is -2.30. The van der Waals surface area contributed by atoms with E-state index in [9.17, 15) is 4.79 Å². The van der Waals surface area contributed by atoms with Gasteiger partial charge in [-0.1, -0.05) is 44.2 Å². The molecule has 0 saturated heterocycles. The maximum absolute atomic E-state index is 12.3.